The van der Waals surface area contributed by atoms with Gasteiger partial charge in [-0.3, -0.25) is 10.1 Å². The molecule has 1 aromatic rings. The van der Waals surface area contributed by atoms with E-state index in [4.69, 9.17) is 5.11 Å². The Bertz CT molecular complexity index is 365. The van der Waals surface area contributed by atoms with Crippen molar-refractivity contribution in [3.63, 3.8) is 0 Å². The maximum absolute atomic E-state index is 11.0. The molecule has 0 aliphatic rings. The molecular weight excluding hydrogens is 238 g/mol. The van der Waals surface area contributed by atoms with Crippen LogP contribution in [0.3, 0.4) is 0 Å². The highest BCUT2D eigenvalue weighted by Gasteiger charge is 2.21. The van der Waals surface area contributed by atoms with Gasteiger partial charge in [0.2, 0.25) is 0 Å². The van der Waals surface area contributed by atoms with Gasteiger partial charge >= 0.3 is 5.97 Å². The van der Waals surface area contributed by atoms with E-state index in [1.54, 1.807) is 0 Å². The Balaban J connectivity index is 2.51. The molecule has 0 bridgehead atoms. The topological polar surface area (TPSA) is 72.4 Å². The van der Waals surface area contributed by atoms with E-state index in [1.165, 1.54) is 6.26 Å². The molecule has 0 fully saturated rings. The first-order valence-electron chi connectivity index (χ1n) is 5.31. The quantitative estimate of drug-likeness (QED) is 0.741. The van der Waals surface area contributed by atoms with Gasteiger partial charge in [-0.1, -0.05) is 41.0 Å². The summed E-state index contributed by atoms with van der Waals surface area (Å²) in [5.74, 6) is -0.839. The molecule has 0 heterocycles. The summed E-state index contributed by atoms with van der Waals surface area (Å²) in [6.45, 7) is 2.46. The smallest absolute Gasteiger partial charge is 0.325 e. The van der Waals surface area contributed by atoms with Gasteiger partial charge in [0.1, 0.15) is 5.75 Å². The van der Waals surface area contributed by atoms with Gasteiger partial charge in [-0.25, -0.2) is 0 Å². The van der Waals surface area contributed by atoms with Crippen molar-refractivity contribution in [2.75, 3.05) is 12.0 Å². The Morgan fingerprint density at radius 3 is 2.53 bits per heavy atom. The predicted molar refractivity (Wildman–Crippen MR) is 68.4 cm³/mol. The van der Waals surface area contributed by atoms with E-state index in [0.717, 1.165) is 11.1 Å². The maximum Gasteiger partial charge on any atom is 0.325 e. The van der Waals surface area contributed by atoms with E-state index in [0.29, 0.717) is 6.54 Å². The Hall–Kier alpha value is -1.04. The third kappa shape index (κ3) is 5.21. The molecule has 1 rings (SSSR count). The van der Waals surface area contributed by atoms with Gasteiger partial charge in [-0.15, -0.1) is 0 Å². The summed E-state index contributed by atoms with van der Waals surface area (Å²) in [5, 5.41) is 11.8. The lowest BCUT2D eigenvalue weighted by molar-refractivity contribution is -0.138. The summed E-state index contributed by atoms with van der Waals surface area (Å²) in [6.07, 6.45) is 1.50. The zero-order valence-corrected chi connectivity index (χ0v) is 10.8. The normalized spacial score (nSPS) is 14.3. The monoisotopic (exact) mass is 255 g/mol. The van der Waals surface area contributed by atoms with Crippen LogP contribution in [0, 0.1) is 6.92 Å². The first-order valence-corrected chi connectivity index (χ1v) is 7.03. The Labute approximate surface area is 104 Å². The van der Waals surface area contributed by atoms with Crippen LogP contribution in [0.5, 0.6) is 0 Å². The first-order chi connectivity index (χ1) is 7.99. The third-order valence-electron chi connectivity index (χ3n) is 2.37. The zero-order valence-electron chi connectivity index (χ0n) is 9.97. The van der Waals surface area contributed by atoms with Crippen molar-refractivity contribution in [3.8, 4) is 0 Å². The number of hydrogen-bond donors (Lipinski definition) is 2. The van der Waals surface area contributed by atoms with Crippen molar-refractivity contribution in [2.45, 2.75) is 19.5 Å². The highest BCUT2D eigenvalue weighted by molar-refractivity contribution is 7.90. The molecule has 0 aromatic heterocycles. The zero-order chi connectivity index (χ0) is 12.8. The predicted octanol–water partition coefficient (Wildman–Crippen LogP) is 0.916. The Morgan fingerprint density at radius 1 is 1.47 bits per heavy atom. The fourth-order valence-corrected chi connectivity index (χ4v) is 2.13. The number of hydrogen-bond acceptors (Lipinski definition) is 3. The molecule has 0 aliphatic heterocycles. The van der Waals surface area contributed by atoms with Gasteiger partial charge in [0.25, 0.3) is 0 Å². The second-order valence-corrected chi connectivity index (χ2v) is 5.48. The highest BCUT2D eigenvalue weighted by atomic mass is 32.2. The fraction of sp³-hybridized carbons (Fsp3) is 0.417. The van der Waals surface area contributed by atoms with Crippen molar-refractivity contribution in [3.05, 3.63) is 35.4 Å². The third-order valence-corrected chi connectivity index (χ3v) is 3.18. The summed E-state index contributed by atoms with van der Waals surface area (Å²) in [6, 6.07) is 7.09. The van der Waals surface area contributed by atoms with Crippen LogP contribution in [-0.4, -0.2) is 33.7 Å². The van der Waals surface area contributed by atoms with Crippen LogP contribution in [0.25, 0.3) is 0 Å². The maximum atomic E-state index is 11.0. The molecule has 0 saturated carbocycles. The number of aryl methyl sites for hydroxylation is 1. The second kappa shape index (κ2) is 6.64. The van der Waals surface area contributed by atoms with Crippen molar-refractivity contribution in [1.29, 1.82) is 0 Å². The molecule has 17 heavy (non-hydrogen) atoms. The molecule has 2 atom stereocenters. The van der Waals surface area contributed by atoms with Gasteiger partial charge in [-0.05, 0) is 12.5 Å². The van der Waals surface area contributed by atoms with E-state index in [1.807, 2.05) is 31.2 Å². The van der Waals surface area contributed by atoms with E-state index in [-0.39, 0.29) is 5.75 Å². The number of carboxylic acids is 1. The van der Waals surface area contributed by atoms with Crippen molar-refractivity contribution in [2.24, 2.45) is 0 Å². The summed E-state index contributed by atoms with van der Waals surface area (Å²) < 4.78 is 11.0. The standard InChI is InChI=1S/C12H17NO3S/c1-9-3-5-10(6-4-9)7-13-11(12(14)15)8-17(2)16/h3-6,11,13H,7-8H2,1-2H3,(H,14,15)/t11-,17?/m0/s1. The number of carbonyl (C=O) groups is 1. The lowest BCUT2D eigenvalue weighted by atomic mass is 10.1. The molecule has 2 N–H and O–H groups in total. The van der Waals surface area contributed by atoms with Crippen LogP contribution >= 0.6 is 0 Å². The number of nitrogens with one attached hydrogen (secondary N) is 1. The minimum Gasteiger partial charge on any atom is -0.616 e. The molecule has 0 amide bonds. The fourth-order valence-electron chi connectivity index (χ4n) is 1.40. The molecule has 0 aliphatic carbocycles. The minimum absolute atomic E-state index is 0.126. The summed E-state index contributed by atoms with van der Waals surface area (Å²) in [5.41, 5.74) is 2.18. The lowest BCUT2D eigenvalue weighted by Gasteiger charge is -2.15. The van der Waals surface area contributed by atoms with E-state index in [2.05, 4.69) is 5.32 Å². The van der Waals surface area contributed by atoms with E-state index in [9.17, 15) is 9.35 Å². The van der Waals surface area contributed by atoms with Crippen LogP contribution in [0.2, 0.25) is 0 Å². The van der Waals surface area contributed by atoms with E-state index < -0.39 is 23.2 Å². The summed E-state index contributed by atoms with van der Waals surface area (Å²) >= 11 is -1.12. The van der Waals surface area contributed by atoms with Crippen molar-refractivity contribution < 1.29 is 14.5 Å². The number of rotatable bonds is 6. The molecule has 4 nitrogen and oxygen atoms in total. The highest BCUT2D eigenvalue weighted by Crippen LogP contribution is 2.03. The number of benzene rings is 1. The second-order valence-electron chi connectivity index (χ2n) is 4.00. The average Bonchev–Trinajstić information content (AvgIpc) is 2.25. The molecule has 0 saturated heterocycles. The lowest BCUT2D eigenvalue weighted by Crippen LogP contribution is -2.41. The molecule has 94 valence electrons. The van der Waals surface area contributed by atoms with Gasteiger partial charge in [0.15, 0.2) is 6.04 Å². The molecule has 1 aromatic carbocycles. The average molecular weight is 255 g/mol. The SMILES string of the molecule is Cc1ccc(CN[C@@H](C[S+](C)[O-])C(=O)O)cc1. The molecule has 5 heteroatoms. The molecule has 1 unspecified atom stereocenters. The van der Waals surface area contributed by atoms with Gasteiger partial charge < -0.3 is 9.66 Å². The van der Waals surface area contributed by atoms with Crippen LogP contribution < -0.4 is 5.32 Å². The van der Waals surface area contributed by atoms with Gasteiger partial charge in [-0.2, -0.15) is 0 Å². The van der Waals surface area contributed by atoms with Crippen molar-refractivity contribution >= 4 is 17.1 Å². The molecular formula is C12H17NO3S. The molecule has 0 radical (unpaired) electrons. The summed E-state index contributed by atoms with van der Waals surface area (Å²) in [7, 11) is 0. The van der Waals surface area contributed by atoms with Crippen LogP contribution in [-0.2, 0) is 22.5 Å². The Morgan fingerprint density at radius 2 is 2.06 bits per heavy atom. The van der Waals surface area contributed by atoms with Crippen LogP contribution in [0.4, 0.5) is 0 Å². The van der Waals surface area contributed by atoms with Crippen LogP contribution in [0.1, 0.15) is 11.1 Å². The van der Waals surface area contributed by atoms with Crippen molar-refractivity contribution in [1.82, 2.24) is 5.32 Å². The number of carboxylic acid groups (broad SMARTS) is 1. The number of aliphatic carboxylic acids is 1. The first kappa shape index (κ1) is 14.0. The Kier molecular flexibility index (Phi) is 5.47. The minimum atomic E-state index is -1.12. The van der Waals surface area contributed by atoms with E-state index >= 15 is 0 Å². The van der Waals surface area contributed by atoms with Gasteiger partial charge in [0, 0.05) is 6.54 Å². The largest absolute Gasteiger partial charge is 0.616 e. The molecule has 0 spiro atoms. The summed E-state index contributed by atoms with van der Waals surface area (Å²) in [4.78, 5) is 10.9. The van der Waals surface area contributed by atoms with Crippen LogP contribution in [0.15, 0.2) is 24.3 Å². The van der Waals surface area contributed by atoms with Gasteiger partial charge in [0.05, 0.1) is 6.26 Å².